The van der Waals surface area contributed by atoms with Gasteiger partial charge in [-0.05, 0) is 19.1 Å². The van der Waals surface area contributed by atoms with E-state index in [4.69, 9.17) is 5.26 Å². The number of hydrogen-bond acceptors (Lipinski definition) is 4. The van der Waals surface area contributed by atoms with Gasteiger partial charge in [0.25, 0.3) is 6.43 Å². The minimum Gasteiger partial charge on any atom is -0.462 e. The van der Waals surface area contributed by atoms with Crippen molar-refractivity contribution in [1.82, 2.24) is 4.98 Å². The number of esters is 1. The van der Waals surface area contributed by atoms with Crippen LogP contribution < -0.4 is 0 Å². The van der Waals surface area contributed by atoms with Crippen LogP contribution in [-0.4, -0.2) is 17.6 Å². The molecule has 1 aromatic rings. The van der Waals surface area contributed by atoms with Crippen molar-refractivity contribution in [2.45, 2.75) is 13.3 Å². The quantitative estimate of drug-likeness (QED) is 0.740. The number of carbonyl (C=O) groups is 1. The predicted octanol–water partition coefficient (Wildman–Crippen LogP) is 2.07. The number of halogens is 2. The second-order valence-corrected chi connectivity index (χ2v) is 2.77. The van der Waals surface area contributed by atoms with Gasteiger partial charge in [0.15, 0.2) is 5.69 Å². The fourth-order valence-corrected chi connectivity index (χ4v) is 1.05. The van der Waals surface area contributed by atoms with Crippen molar-refractivity contribution in [1.29, 1.82) is 5.26 Å². The molecule has 4 nitrogen and oxygen atoms in total. The molecule has 0 amide bonds. The van der Waals surface area contributed by atoms with Crippen molar-refractivity contribution >= 4 is 5.97 Å². The molecule has 1 rings (SSSR count). The van der Waals surface area contributed by atoms with Gasteiger partial charge in [-0.2, -0.15) is 5.26 Å². The second-order valence-electron chi connectivity index (χ2n) is 2.77. The maximum Gasteiger partial charge on any atom is 0.341 e. The van der Waals surface area contributed by atoms with Crippen molar-refractivity contribution in [2.75, 3.05) is 6.61 Å². The Morgan fingerprint density at radius 3 is 2.81 bits per heavy atom. The molecular formula is C10H8F2N2O2. The Balaban J connectivity index is 3.13. The largest absolute Gasteiger partial charge is 0.462 e. The van der Waals surface area contributed by atoms with Crippen LogP contribution in [0.3, 0.4) is 0 Å². The van der Waals surface area contributed by atoms with Crippen molar-refractivity contribution in [3.05, 3.63) is 29.1 Å². The van der Waals surface area contributed by atoms with E-state index in [-0.39, 0.29) is 17.9 Å². The topological polar surface area (TPSA) is 63.0 Å². The second kappa shape index (κ2) is 5.16. The number of rotatable bonds is 3. The summed E-state index contributed by atoms with van der Waals surface area (Å²) < 4.78 is 29.2. The molecule has 0 aliphatic heterocycles. The van der Waals surface area contributed by atoms with E-state index in [1.807, 2.05) is 0 Å². The Hall–Kier alpha value is -2.03. The summed E-state index contributed by atoms with van der Waals surface area (Å²) in [4.78, 5) is 14.7. The molecule has 0 atom stereocenters. The van der Waals surface area contributed by atoms with Gasteiger partial charge >= 0.3 is 5.97 Å². The van der Waals surface area contributed by atoms with Crippen LogP contribution in [0.5, 0.6) is 0 Å². The Labute approximate surface area is 90.5 Å². The SMILES string of the molecule is CCOC(=O)c1ccc(C(F)F)nc1C#N. The van der Waals surface area contributed by atoms with Gasteiger partial charge in [0, 0.05) is 0 Å². The van der Waals surface area contributed by atoms with E-state index in [2.05, 4.69) is 9.72 Å². The lowest BCUT2D eigenvalue weighted by molar-refractivity contribution is 0.0525. The summed E-state index contributed by atoms with van der Waals surface area (Å²) in [6.07, 6.45) is -2.77. The van der Waals surface area contributed by atoms with Crippen LogP contribution in [0.2, 0.25) is 0 Å². The van der Waals surface area contributed by atoms with Gasteiger partial charge in [0.05, 0.1) is 12.2 Å². The highest BCUT2D eigenvalue weighted by atomic mass is 19.3. The zero-order valence-electron chi connectivity index (χ0n) is 8.41. The summed E-state index contributed by atoms with van der Waals surface area (Å²) in [5.41, 5.74) is -0.991. The third-order valence-corrected chi connectivity index (χ3v) is 1.74. The maximum absolute atomic E-state index is 12.3. The van der Waals surface area contributed by atoms with Gasteiger partial charge in [-0.3, -0.25) is 0 Å². The molecule has 84 valence electrons. The number of nitriles is 1. The van der Waals surface area contributed by atoms with E-state index in [1.165, 1.54) is 0 Å². The summed E-state index contributed by atoms with van der Waals surface area (Å²) in [5.74, 6) is -0.743. The average molecular weight is 226 g/mol. The van der Waals surface area contributed by atoms with Gasteiger partial charge in [-0.15, -0.1) is 0 Å². The van der Waals surface area contributed by atoms with Gasteiger partial charge in [-0.1, -0.05) is 0 Å². The molecule has 6 heteroatoms. The Bertz CT molecular complexity index is 441. The van der Waals surface area contributed by atoms with Crippen LogP contribution in [0.1, 0.15) is 35.1 Å². The van der Waals surface area contributed by atoms with Crippen LogP contribution in [0.15, 0.2) is 12.1 Å². The summed E-state index contributed by atoms with van der Waals surface area (Å²) in [7, 11) is 0. The molecule has 0 aliphatic rings. The van der Waals surface area contributed by atoms with Crippen LogP contribution in [0.25, 0.3) is 0 Å². The number of ether oxygens (including phenoxy) is 1. The van der Waals surface area contributed by atoms with Crippen LogP contribution in [0, 0.1) is 11.3 Å². The van der Waals surface area contributed by atoms with Crippen molar-refractivity contribution in [2.24, 2.45) is 0 Å². The number of alkyl halides is 2. The standard InChI is InChI=1S/C10H8F2N2O2/c1-2-16-10(15)6-3-4-7(9(11)12)14-8(6)5-13/h3-4,9H,2H2,1H3. The van der Waals surface area contributed by atoms with Crippen molar-refractivity contribution in [3.63, 3.8) is 0 Å². The number of hydrogen-bond donors (Lipinski definition) is 0. The lowest BCUT2D eigenvalue weighted by atomic mass is 10.2. The number of nitrogens with zero attached hydrogens (tertiary/aromatic N) is 2. The molecule has 1 aromatic heterocycles. The molecule has 1 heterocycles. The summed E-state index contributed by atoms with van der Waals surface area (Å²) in [5, 5.41) is 8.68. The molecule has 0 aromatic carbocycles. The summed E-state index contributed by atoms with van der Waals surface area (Å²) in [6, 6.07) is 3.70. The fraction of sp³-hybridized carbons (Fsp3) is 0.300. The van der Waals surface area contributed by atoms with Crippen LogP contribution >= 0.6 is 0 Å². The van der Waals surface area contributed by atoms with Gasteiger partial charge < -0.3 is 4.74 Å². The molecule has 0 saturated carbocycles. The summed E-state index contributed by atoms with van der Waals surface area (Å²) >= 11 is 0. The van der Waals surface area contributed by atoms with Crippen molar-refractivity contribution in [3.8, 4) is 6.07 Å². The molecule has 0 radical (unpaired) electrons. The molecular weight excluding hydrogens is 218 g/mol. The molecule has 0 spiro atoms. The number of aromatic nitrogens is 1. The van der Waals surface area contributed by atoms with E-state index < -0.39 is 18.1 Å². The van der Waals surface area contributed by atoms with Gasteiger partial charge in [0.2, 0.25) is 0 Å². The molecule has 0 saturated heterocycles. The lowest BCUT2D eigenvalue weighted by Gasteiger charge is -2.04. The first kappa shape index (κ1) is 12.0. The highest BCUT2D eigenvalue weighted by Gasteiger charge is 2.17. The zero-order chi connectivity index (χ0) is 12.1. The molecule has 0 bridgehead atoms. The first-order valence-electron chi connectivity index (χ1n) is 4.46. The first-order chi connectivity index (χ1) is 7.60. The van der Waals surface area contributed by atoms with Gasteiger partial charge in [0.1, 0.15) is 11.8 Å². The Kier molecular flexibility index (Phi) is 3.89. The van der Waals surface area contributed by atoms with E-state index in [9.17, 15) is 13.6 Å². The molecule has 16 heavy (non-hydrogen) atoms. The van der Waals surface area contributed by atoms with E-state index >= 15 is 0 Å². The fourth-order valence-electron chi connectivity index (χ4n) is 1.05. The highest BCUT2D eigenvalue weighted by Crippen LogP contribution is 2.18. The smallest absolute Gasteiger partial charge is 0.341 e. The van der Waals surface area contributed by atoms with E-state index in [1.54, 1.807) is 13.0 Å². The summed E-state index contributed by atoms with van der Waals surface area (Å²) in [6.45, 7) is 1.74. The van der Waals surface area contributed by atoms with Gasteiger partial charge in [-0.25, -0.2) is 18.6 Å². The normalized spacial score (nSPS) is 9.94. The molecule has 0 fully saturated rings. The number of carbonyl (C=O) groups excluding carboxylic acids is 1. The Morgan fingerprint density at radius 2 is 2.31 bits per heavy atom. The van der Waals surface area contributed by atoms with Crippen LogP contribution in [0.4, 0.5) is 8.78 Å². The highest BCUT2D eigenvalue weighted by molar-refractivity contribution is 5.91. The molecule has 0 aliphatic carbocycles. The van der Waals surface area contributed by atoms with Crippen molar-refractivity contribution < 1.29 is 18.3 Å². The third kappa shape index (κ3) is 2.51. The van der Waals surface area contributed by atoms with E-state index in [0.29, 0.717) is 0 Å². The lowest BCUT2D eigenvalue weighted by Crippen LogP contribution is -2.09. The zero-order valence-corrected chi connectivity index (χ0v) is 8.41. The monoisotopic (exact) mass is 226 g/mol. The molecule has 0 N–H and O–H groups in total. The minimum atomic E-state index is -2.77. The van der Waals surface area contributed by atoms with Crippen LogP contribution in [-0.2, 0) is 4.74 Å². The number of pyridine rings is 1. The average Bonchev–Trinajstić information content (AvgIpc) is 2.28. The van der Waals surface area contributed by atoms with E-state index in [0.717, 1.165) is 12.1 Å². The molecule has 0 unspecified atom stereocenters. The Morgan fingerprint density at radius 1 is 1.62 bits per heavy atom. The first-order valence-corrected chi connectivity index (χ1v) is 4.46. The third-order valence-electron chi connectivity index (χ3n) is 1.74. The predicted molar refractivity (Wildman–Crippen MR) is 49.9 cm³/mol. The maximum atomic E-state index is 12.3. The minimum absolute atomic E-state index is 0.103.